The lowest BCUT2D eigenvalue weighted by Gasteiger charge is -1.57. The summed E-state index contributed by atoms with van der Waals surface area (Å²) < 4.78 is 10.6. The highest BCUT2D eigenvalue weighted by Crippen LogP contribution is 2.05. The Morgan fingerprint density at radius 1 is 2.00 bits per heavy atom. The van der Waals surface area contributed by atoms with Crippen molar-refractivity contribution in [2.45, 2.75) is 0 Å². The predicted octanol–water partition coefficient (Wildman–Crippen LogP) is 1.57. The molecular formula is BFIS. The summed E-state index contributed by atoms with van der Waals surface area (Å²) in [6.45, 7) is 0.528. The Morgan fingerprint density at radius 3 is 2.25 bits per heavy atom. The third kappa shape index (κ3) is 3.07. The van der Waals surface area contributed by atoms with E-state index in [1.165, 1.54) is 0 Å². The molecule has 0 aromatic heterocycles. The summed E-state index contributed by atoms with van der Waals surface area (Å²) in [5, 5.41) is 0. The molecule has 1 radical (unpaired) electrons. The van der Waals surface area contributed by atoms with Gasteiger partial charge in [-0.3, -0.25) is 0 Å². The molecule has 0 aromatic rings. The zero-order valence-corrected chi connectivity index (χ0v) is 4.72. The second-order valence-corrected chi connectivity index (χ2v) is 2.06. The quantitative estimate of drug-likeness (QED) is 0.445. The van der Waals surface area contributed by atoms with Crippen molar-refractivity contribution in [2.75, 3.05) is 0 Å². The van der Waals surface area contributed by atoms with Gasteiger partial charge in [-0.2, -0.15) is 0 Å². The molecule has 4 heteroatoms. The van der Waals surface area contributed by atoms with E-state index in [1.807, 2.05) is 21.2 Å². The molecule has 0 nitrogen and oxygen atoms in total. The second-order valence-electron chi connectivity index (χ2n) is 0.178. The molecule has 0 fully saturated rings. The van der Waals surface area contributed by atoms with Crippen molar-refractivity contribution in [3.63, 3.8) is 0 Å². The third-order valence-corrected chi connectivity index (χ3v) is 0.678. The highest BCUT2D eigenvalue weighted by Gasteiger charge is 1.73. The van der Waals surface area contributed by atoms with Crippen LogP contribution in [0.15, 0.2) is 0 Å². The molecule has 0 N–H and O–H groups in total. The van der Waals surface area contributed by atoms with Crippen LogP contribution in [0.25, 0.3) is 0 Å². The van der Waals surface area contributed by atoms with Crippen molar-refractivity contribution in [1.29, 1.82) is 0 Å². The van der Waals surface area contributed by atoms with E-state index in [9.17, 15) is 4.32 Å². The SMILES string of the molecule is F[B]SI. The van der Waals surface area contributed by atoms with Crippen molar-refractivity contribution in [3.8, 4) is 0 Å². The van der Waals surface area contributed by atoms with Gasteiger partial charge < -0.3 is 4.32 Å². The molecule has 23 valence electrons. The van der Waals surface area contributed by atoms with Gasteiger partial charge in [-0.15, -0.1) is 8.78 Å². The first-order valence-corrected chi connectivity index (χ1v) is 4.03. The van der Waals surface area contributed by atoms with Gasteiger partial charge in [0, 0.05) is 0 Å². The largest absolute Gasteiger partial charge is 0.440 e. The minimum atomic E-state index is 0.528. The van der Waals surface area contributed by atoms with Crippen LogP contribution in [0.5, 0.6) is 0 Å². The van der Waals surface area contributed by atoms with Gasteiger partial charge in [-0.1, -0.05) is 0 Å². The van der Waals surface area contributed by atoms with Crippen molar-refractivity contribution in [3.05, 3.63) is 0 Å². The van der Waals surface area contributed by atoms with Crippen LogP contribution in [0.4, 0.5) is 4.32 Å². The first-order chi connectivity index (χ1) is 1.91. The van der Waals surface area contributed by atoms with Gasteiger partial charge in [0.25, 0.3) is 0 Å². The number of halogens is 2. The summed E-state index contributed by atoms with van der Waals surface area (Å²) in [6.07, 6.45) is 0. The van der Waals surface area contributed by atoms with E-state index in [0.717, 1.165) is 8.78 Å². The maximum atomic E-state index is 10.6. The molecule has 0 spiro atoms. The molecule has 0 aliphatic rings. The maximum absolute atomic E-state index is 10.6. The Kier molecular flexibility index (Phi) is 5.17. The Hall–Kier alpha value is 1.07. The Balaban J connectivity index is 1.97. The zero-order valence-electron chi connectivity index (χ0n) is 1.74. The fourth-order valence-electron chi connectivity index (χ4n) is 0. The van der Waals surface area contributed by atoms with E-state index >= 15 is 0 Å². The number of hydrogen-bond acceptors (Lipinski definition) is 1. The highest BCUT2D eigenvalue weighted by atomic mass is 127. The molecule has 0 rings (SSSR count). The third-order valence-electron chi connectivity index (χ3n) is 0.0337. The molecule has 0 aromatic carbocycles. The van der Waals surface area contributed by atoms with Crippen LogP contribution in [0.2, 0.25) is 0 Å². The van der Waals surface area contributed by atoms with E-state index in [0.29, 0.717) is 6.84 Å². The van der Waals surface area contributed by atoms with E-state index in [4.69, 9.17) is 0 Å². The van der Waals surface area contributed by atoms with Gasteiger partial charge in [0.1, 0.15) is 0 Å². The lowest BCUT2D eigenvalue weighted by molar-refractivity contribution is 0.896. The van der Waals surface area contributed by atoms with Crippen molar-refractivity contribution < 1.29 is 4.32 Å². The van der Waals surface area contributed by atoms with Crippen molar-refractivity contribution >= 4 is 36.8 Å². The van der Waals surface area contributed by atoms with Gasteiger partial charge in [0.15, 0.2) is 0 Å². The number of hydrogen-bond donors (Lipinski definition) is 0. The van der Waals surface area contributed by atoms with E-state index in [-0.39, 0.29) is 0 Å². The fourth-order valence-corrected chi connectivity index (χ4v) is 0. The molecule has 0 heterocycles. The Labute approximate surface area is 41.3 Å². The summed E-state index contributed by atoms with van der Waals surface area (Å²) >= 11 is 1.84. The minimum Gasteiger partial charge on any atom is -0.324 e. The van der Waals surface area contributed by atoms with Crippen molar-refractivity contribution in [2.24, 2.45) is 0 Å². The van der Waals surface area contributed by atoms with Gasteiger partial charge in [-0.05, 0) is 21.2 Å². The topological polar surface area (TPSA) is 0 Å². The van der Waals surface area contributed by atoms with Gasteiger partial charge >= 0.3 is 6.84 Å². The summed E-state index contributed by atoms with van der Waals surface area (Å²) in [6, 6.07) is 0. The molecular weight excluding hydrogens is 189 g/mol. The highest BCUT2D eigenvalue weighted by molar-refractivity contribution is 14.2. The van der Waals surface area contributed by atoms with Crippen LogP contribution in [-0.2, 0) is 0 Å². The summed E-state index contributed by atoms with van der Waals surface area (Å²) in [7, 11) is 1.03. The van der Waals surface area contributed by atoms with Crippen LogP contribution in [0.3, 0.4) is 0 Å². The molecule has 0 unspecified atom stereocenters. The average Bonchev–Trinajstić information content (AvgIpc) is 1.37. The van der Waals surface area contributed by atoms with Gasteiger partial charge in [0.2, 0.25) is 0 Å². The Morgan fingerprint density at radius 2 is 2.25 bits per heavy atom. The molecule has 0 aliphatic carbocycles. The molecule has 0 bridgehead atoms. The molecule has 0 saturated carbocycles. The lowest BCUT2D eigenvalue weighted by atomic mass is 10.6. The van der Waals surface area contributed by atoms with E-state index in [1.54, 1.807) is 0 Å². The monoisotopic (exact) mass is 189 g/mol. The van der Waals surface area contributed by atoms with E-state index < -0.39 is 0 Å². The van der Waals surface area contributed by atoms with Crippen LogP contribution in [0.1, 0.15) is 0 Å². The lowest BCUT2D eigenvalue weighted by Crippen LogP contribution is -1.49. The van der Waals surface area contributed by atoms with E-state index in [2.05, 4.69) is 0 Å². The predicted molar refractivity (Wildman–Crippen MR) is 28.5 cm³/mol. The van der Waals surface area contributed by atoms with Gasteiger partial charge in [0.05, 0.1) is 0 Å². The van der Waals surface area contributed by atoms with Gasteiger partial charge in [-0.25, -0.2) is 0 Å². The van der Waals surface area contributed by atoms with Crippen LogP contribution < -0.4 is 0 Å². The molecule has 0 atom stereocenters. The standard InChI is InChI=1S/BFIS/c2-1-4-3. The summed E-state index contributed by atoms with van der Waals surface area (Å²) in [5.41, 5.74) is 0. The van der Waals surface area contributed by atoms with Crippen LogP contribution in [-0.4, -0.2) is 6.84 Å². The summed E-state index contributed by atoms with van der Waals surface area (Å²) in [4.78, 5) is 0. The number of rotatable bonds is 1. The zero-order chi connectivity index (χ0) is 3.41. The smallest absolute Gasteiger partial charge is 0.324 e. The molecule has 0 saturated heterocycles. The molecule has 4 heavy (non-hydrogen) atoms. The first-order valence-electron chi connectivity index (χ1n) is 0.608. The summed E-state index contributed by atoms with van der Waals surface area (Å²) in [5.74, 6) is 0. The molecule has 0 aliphatic heterocycles. The molecule has 0 amide bonds. The van der Waals surface area contributed by atoms with Crippen LogP contribution >= 0.6 is 30.0 Å². The second kappa shape index (κ2) is 4.07. The maximum Gasteiger partial charge on any atom is 0.440 e. The Bertz CT molecular complexity index is 10.0. The normalized spacial score (nSPS) is 6.50. The van der Waals surface area contributed by atoms with Crippen molar-refractivity contribution in [1.82, 2.24) is 0 Å². The average molecular weight is 189 g/mol. The van der Waals surface area contributed by atoms with Crippen LogP contribution in [0, 0.1) is 0 Å². The minimum absolute atomic E-state index is 0.528. The first kappa shape index (κ1) is 5.07. The fraction of sp³-hybridized carbons (Fsp3) is 0.